The molecule has 1 heterocycles. The zero-order valence-electron chi connectivity index (χ0n) is 23.8. The van der Waals surface area contributed by atoms with E-state index in [1.807, 2.05) is 19.1 Å². The standard InChI is InChI=1S/C33H33Cl3N2O4/c1-4-6-15-28-37-20(3)29(30-25(35)13-9-14-26(30)36)32(39)38(28)19-21-16-17-27(22(18-21)10-5-2)42-31(33(40)41)23-11-7-8-12-24(23)34/h7-9,11-14,16-18,31H,4-6,10,15,19H2,1-3H3,(H,40,41). The van der Waals surface area contributed by atoms with Crippen LogP contribution in [-0.4, -0.2) is 20.6 Å². The Morgan fingerprint density at radius 1 is 0.929 bits per heavy atom. The number of hydrogen-bond donors (Lipinski definition) is 1. The molecule has 0 bridgehead atoms. The highest BCUT2D eigenvalue weighted by atomic mass is 35.5. The van der Waals surface area contributed by atoms with Crippen LogP contribution in [0.25, 0.3) is 11.1 Å². The number of halogens is 3. The van der Waals surface area contributed by atoms with Gasteiger partial charge in [-0.25, -0.2) is 9.78 Å². The van der Waals surface area contributed by atoms with Crippen LogP contribution in [0.5, 0.6) is 5.75 Å². The fourth-order valence-electron chi connectivity index (χ4n) is 4.99. The van der Waals surface area contributed by atoms with Gasteiger partial charge in [-0.15, -0.1) is 0 Å². The normalized spacial score (nSPS) is 11.9. The van der Waals surface area contributed by atoms with E-state index in [0.29, 0.717) is 61.9 Å². The zero-order valence-corrected chi connectivity index (χ0v) is 26.1. The van der Waals surface area contributed by atoms with Crippen molar-refractivity contribution in [3.8, 4) is 16.9 Å². The Bertz CT molecular complexity index is 1630. The van der Waals surface area contributed by atoms with Gasteiger partial charge in [0, 0.05) is 22.6 Å². The van der Waals surface area contributed by atoms with Crippen molar-refractivity contribution in [1.82, 2.24) is 9.55 Å². The van der Waals surface area contributed by atoms with Gasteiger partial charge in [0.1, 0.15) is 11.6 Å². The second-order valence-electron chi connectivity index (χ2n) is 10.1. The third-order valence-corrected chi connectivity index (χ3v) is 8.01. The number of rotatable bonds is 12. The first-order chi connectivity index (χ1) is 20.2. The topological polar surface area (TPSA) is 81.4 Å². The summed E-state index contributed by atoms with van der Waals surface area (Å²) in [5, 5.41) is 11.0. The highest BCUT2D eigenvalue weighted by Crippen LogP contribution is 2.35. The fourth-order valence-corrected chi connectivity index (χ4v) is 5.81. The van der Waals surface area contributed by atoms with Gasteiger partial charge in [-0.05, 0) is 55.2 Å². The van der Waals surface area contributed by atoms with E-state index < -0.39 is 12.1 Å². The van der Waals surface area contributed by atoms with Crippen molar-refractivity contribution in [3.05, 3.63) is 114 Å². The summed E-state index contributed by atoms with van der Waals surface area (Å²) in [6.07, 6.45) is 2.67. The van der Waals surface area contributed by atoms with Crippen LogP contribution >= 0.6 is 34.8 Å². The molecule has 0 aliphatic carbocycles. The number of nitrogens with zero attached hydrogens (tertiary/aromatic N) is 2. The SMILES string of the molecule is CCCCc1nc(C)c(-c2c(Cl)cccc2Cl)c(=O)n1Cc1ccc(OC(C(=O)O)c2ccccc2Cl)c(CCC)c1. The lowest BCUT2D eigenvalue weighted by Crippen LogP contribution is -2.28. The molecular weight excluding hydrogens is 595 g/mol. The summed E-state index contributed by atoms with van der Waals surface area (Å²) in [7, 11) is 0. The van der Waals surface area contributed by atoms with Crippen LogP contribution in [0.1, 0.15) is 67.4 Å². The third-order valence-electron chi connectivity index (χ3n) is 7.04. The van der Waals surface area contributed by atoms with Crippen LogP contribution < -0.4 is 10.3 Å². The van der Waals surface area contributed by atoms with E-state index in [4.69, 9.17) is 44.5 Å². The van der Waals surface area contributed by atoms with Crippen LogP contribution in [0.4, 0.5) is 0 Å². The quantitative estimate of drug-likeness (QED) is 0.170. The average Bonchev–Trinajstić information content (AvgIpc) is 2.95. The van der Waals surface area contributed by atoms with Crippen molar-refractivity contribution in [2.24, 2.45) is 0 Å². The lowest BCUT2D eigenvalue weighted by atomic mass is 10.0. The first kappa shape index (κ1) is 31.6. The monoisotopic (exact) mass is 626 g/mol. The number of carboxylic acids is 1. The van der Waals surface area contributed by atoms with Gasteiger partial charge in [0.25, 0.3) is 5.56 Å². The lowest BCUT2D eigenvalue weighted by molar-refractivity contribution is -0.145. The summed E-state index contributed by atoms with van der Waals surface area (Å²) >= 11 is 19.3. The lowest BCUT2D eigenvalue weighted by Gasteiger charge is -2.20. The van der Waals surface area contributed by atoms with Gasteiger partial charge in [-0.2, -0.15) is 0 Å². The molecule has 1 aromatic heterocycles. The summed E-state index contributed by atoms with van der Waals surface area (Å²) in [5.74, 6) is 0.00332. The molecule has 6 nitrogen and oxygen atoms in total. The van der Waals surface area contributed by atoms with Gasteiger partial charge >= 0.3 is 5.97 Å². The van der Waals surface area contributed by atoms with Crippen LogP contribution in [0.15, 0.2) is 65.5 Å². The summed E-state index contributed by atoms with van der Waals surface area (Å²) < 4.78 is 7.74. The predicted molar refractivity (Wildman–Crippen MR) is 169 cm³/mol. The molecule has 0 aliphatic heterocycles. The second kappa shape index (κ2) is 14.2. The largest absolute Gasteiger partial charge is 0.478 e. The highest BCUT2D eigenvalue weighted by molar-refractivity contribution is 6.39. The van der Waals surface area contributed by atoms with Gasteiger partial charge in [0.05, 0.1) is 27.8 Å². The Kier molecular flexibility index (Phi) is 10.7. The first-order valence-corrected chi connectivity index (χ1v) is 15.1. The Balaban J connectivity index is 1.78. The zero-order chi connectivity index (χ0) is 30.4. The average molecular weight is 628 g/mol. The molecule has 0 radical (unpaired) electrons. The van der Waals surface area contributed by atoms with E-state index in [2.05, 4.69) is 6.92 Å². The number of hydrogen-bond acceptors (Lipinski definition) is 4. The second-order valence-corrected chi connectivity index (χ2v) is 11.4. The maximum atomic E-state index is 14.1. The number of aryl methyl sites for hydroxylation is 3. The van der Waals surface area contributed by atoms with E-state index in [0.717, 1.165) is 30.4 Å². The molecule has 9 heteroatoms. The van der Waals surface area contributed by atoms with Crippen LogP contribution in [0.3, 0.4) is 0 Å². The van der Waals surface area contributed by atoms with Crippen LogP contribution in [0, 0.1) is 6.92 Å². The highest BCUT2D eigenvalue weighted by Gasteiger charge is 2.26. The molecule has 1 atom stereocenters. The molecule has 0 amide bonds. The van der Waals surface area contributed by atoms with Crippen LogP contribution in [0.2, 0.25) is 15.1 Å². The molecule has 0 saturated carbocycles. The predicted octanol–water partition coefficient (Wildman–Crippen LogP) is 8.73. The number of aliphatic carboxylic acids is 1. The van der Waals surface area contributed by atoms with Gasteiger partial charge in [0.2, 0.25) is 6.10 Å². The van der Waals surface area contributed by atoms with Crippen molar-refractivity contribution in [2.75, 3.05) is 0 Å². The molecule has 0 fully saturated rings. The molecule has 0 aliphatic rings. The minimum absolute atomic E-state index is 0.217. The Hall–Kier alpha value is -3.32. The van der Waals surface area contributed by atoms with Crippen molar-refractivity contribution in [3.63, 3.8) is 0 Å². The molecule has 4 aromatic rings. The fraction of sp³-hybridized carbons (Fsp3) is 0.303. The van der Waals surface area contributed by atoms with Gasteiger partial charge in [-0.1, -0.05) is 97.9 Å². The summed E-state index contributed by atoms with van der Waals surface area (Å²) in [5.41, 5.74) is 3.28. The maximum absolute atomic E-state index is 14.1. The molecule has 0 spiro atoms. The molecule has 220 valence electrons. The molecular formula is C33H33Cl3N2O4. The maximum Gasteiger partial charge on any atom is 0.349 e. The molecule has 1 N–H and O–H groups in total. The Morgan fingerprint density at radius 2 is 1.62 bits per heavy atom. The van der Waals surface area contributed by atoms with E-state index in [1.54, 1.807) is 60.0 Å². The molecule has 3 aromatic carbocycles. The van der Waals surface area contributed by atoms with Gasteiger partial charge in [-0.3, -0.25) is 9.36 Å². The number of carbonyl (C=O) groups is 1. The number of ether oxygens (including phenoxy) is 1. The van der Waals surface area contributed by atoms with Gasteiger partial charge < -0.3 is 9.84 Å². The molecule has 1 unspecified atom stereocenters. The van der Waals surface area contributed by atoms with Crippen molar-refractivity contribution >= 4 is 40.8 Å². The van der Waals surface area contributed by atoms with E-state index in [9.17, 15) is 14.7 Å². The minimum Gasteiger partial charge on any atom is -0.478 e. The Morgan fingerprint density at radius 3 is 2.26 bits per heavy atom. The number of aromatic nitrogens is 2. The van der Waals surface area contributed by atoms with E-state index >= 15 is 0 Å². The molecule has 42 heavy (non-hydrogen) atoms. The first-order valence-electron chi connectivity index (χ1n) is 14.0. The number of benzene rings is 3. The van der Waals surface area contributed by atoms with Crippen LogP contribution in [-0.2, 0) is 24.2 Å². The smallest absolute Gasteiger partial charge is 0.349 e. The molecule has 4 rings (SSSR count). The van der Waals surface area contributed by atoms with E-state index in [1.165, 1.54) is 0 Å². The summed E-state index contributed by atoms with van der Waals surface area (Å²) in [4.78, 5) is 31.1. The number of unbranched alkanes of at least 4 members (excludes halogenated alkanes) is 1. The van der Waals surface area contributed by atoms with Crippen molar-refractivity contribution in [2.45, 2.75) is 65.5 Å². The van der Waals surface area contributed by atoms with Crippen molar-refractivity contribution in [1.29, 1.82) is 0 Å². The minimum atomic E-state index is -1.27. The summed E-state index contributed by atoms with van der Waals surface area (Å²) in [6, 6.07) is 17.5. The number of carboxylic acid groups (broad SMARTS) is 1. The van der Waals surface area contributed by atoms with Gasteiger partial charge in [0.15, 0.2) is 0 Å². The van der Waals surface area contributed by atoms with E-state index in [-0.39, 0.29) is 12.1 Å². The Labute approximate surface area is 260 Å². The third kappa shape index (κ3) is 7.00. The summed E-state index contributed by atoms with van der Waals surface area (Å²) in [6.45, 7) is 6.20. The molecule has 0 saturated heterocycles. The van der Waals surface area contributed by atoms with Crippen molar-refractivity contribution < 1.29 is 14.6 Å².